The van der Waals surface area contributed by atoms with Gasteiger partial charge in [0.1, 0.15) is 11.5 Å². The number of likely N-dealkylation sites (tertiary alicyclic amines) is 1. The molecule has 1 aliphatic heterocycles. The van der Waals surface area contributed by atoms with E-state index in [0.717, 1.165) is 27.8 Å². The molecule has 1 fully saturated rings. The van der Waals surface area contributed by atoms with Crippen LogP contribution in [0, 0.1) is 6.92 Å². The van der Waals surface area contributed by atoms with E-state index in [1.807, 2.05) is 73.7 Å². The molecule has 0 bridgehead atoms. The lowest BCUT2D eigenvalue weighted by Crippen LogP contribution is -2.29. The van der Waals surface area contributed by atoms with Crippen LogP contribution < -0.4 is 4.74 Å². The zero-order chi connectivity index (χ0) is 28.7. The van der Waals surface area contributed by atoms with Crippen LogP contribution in [-0.2, 0) is 27.0 Å². The number of ketones is 1. The van der Waals surface area contributed by atoms with Crippen molar-refractivity contribution in [2.45, 2.75) is 71.9 Å². The van der Waals surface area contributed by atoms with E-state index in [2.05, 4.69) is 41.5 Å². The van der Waals surface area contributed by atoms with Crippen molar-refractivity contribution in [3.63, 3.8) is 0 Å². The Morgan fingerprint density at radius 3 is 1.95 bits per heavy atom. The molecule has 3 aromatic carbocycles. The summed E-state index contributed by atoms with van der Waals surface area (Å²) in [6, 6.07) is 20.6. The molecule has 1 saturated heterocycles. The molecule has 0 saturated carbocycles. The second kappa shape index (κ2) is 10.4. The topological polar surface area (TPSA) is 66.8 Å². The van der Waals surface area contributed by atoms with E-state index < -0.39 is 17.7 Å². The number of aliphatic hydroxyl groups is 1. The number of hydrogen-bond donors (Lipinski definition) is 1. The number of ether oxygens (including phenoxy) is 1. The summed E-state index contributed by atoms with van der Waals surface area (Å²) in [6.07, 6.45) is 0. The summed E-state index contributed by atoms with van der Waals surface area (Å²) >= 11 is 0. The number of Topliss-reactive ketones (excluding diaryl/α,β-unsaturated/α-hetero) is 1. The molecular weight excluding hydrogens is 486 g/mol. The van der Waals surface area contributed by atoms with E-state index in [1.54, 1.807) is 12.0 Å². The third kappa shape index (κ3) is 5.63. The lowest BCUT2D eigenvalue weighted by atomic mass is 9.84. The van der Waals surface area contributed by atoms with E-state index >= 15 is 0 Å². The van der Waals surface area contributed by atoms with E-state index in [1.165, 1.54) is 0 Å². The van der Waals surface area contributed by atoms with Crippen LogP contribution in [0.3, 0.4) is 0 Å². The first-order valence-corrected chi connectivity index (χ1v) is 13.4. The van der Waals surface area contributed by atoms with Crippen LogP contribution in [-0.4, -0.2) is 28.8 Å². The second-order valence-corrected chi connectivity index (χ2v) is 12.4. The van der Waals surface area contributed by atoms with Crippen molar-refractivity contribution < 1.29 is 19.4 Å². The minimum Gasteiger partial charge on any atom is -0.507 e. The molecule has 1 unspecified atom stereocenters. The lowest BCUT2D eigenvalue weighted by Gasteiger charge is -2.27. The highest BCUT2D eigenvalue weighted by Crippen LogP contribution is 2.42. The second-order valence-electron chi connectivity index (χ2n) is 12.4. The van der Waals surface area contributed by atoms with Gasteiger partial charge in [-0.15, -0.1) is 0 Å². The molecule has 39 heavy (non-hydrogen) atoms. The third-order valence-electron chi connectivity index (χ3n) is 7.50. The predicted octanol–water partition coefficient (Wildman–Crippen LogP) is 7.22. The fraction of sp³-hybridized carbons (Fsp3) is 0.353. The molecule has 1 N–H and O–H groups in total. The summed E-state index contributed by atoms with van der Waals surface area (Å²) < 4.78 is 5.27. The Balaban J connectivity index is 1.89. The summed E-state index contributed by atoms with van der Waals surface area (Å²) in [6.45, 7) is 14.9. The Hall–Kier alpha value is -3.86. The van der Waals surface area contributed by atoms with Crippen molar-refractivity contribution >= 4 is 17.4 Å². The number of amides is 1. The Bertz CT molecular complexity index is 1420. The summed E-state index contributed by atoms with van der Waals surface area (Å²) in [5.74, 6) is -0.725. The number of hydrogen-bond acceptors (Lipinski definition) is 4. The first kappa shape index (κ1) is 28.2. The fourth-order valence-electron chi connectivity index (χ4n) is 4.97. The van der Waals surface area contributed by atoms with Crippen molar-refractivity contribution in [1.29, 1.82) is 0 Å². The van der Waals surface area contributed by atoms with Crippen LogP contribution >= 0.6 is 0 Å². The molecule has 0 aromatic heterocycles. The number of aryl methyl sites for hydroxylation is 1. The molecule has 5 nitrogen and oxygen atoms in total. The van der Waals surface area contributed by atoms with Gasteiger partial charge in [-0.3, -0.25) is 9.59 Å². The Morgan fingerprint density at radius 1 is 0.846 bits per heavy atom. The van der Waals surface area contributed by atoms with Crippen LogP contribution in [0.5, 0.6) is 5.75 Å². The number of carbonyl (C=O) groups excluding carboxylic acids is 2. The van der Waals surface area contributed by atoms with Crippen molar-refractivity contribution in [3.05, 3.63) is 106 Å². The summed E-state index contributed by atoms with van der Waals surface area (Å²) in [7, 11) is 1.60. The maximum Gasteiger partial charge on any atom is 0.295 e. The molecule has 0 spiro atoms. The maximum atomic E-state index is 13.6. The Morgan fingerprint density at radius 2 is 1.41 bits per heavy atom. The maximum absolute atomic E-state index is 13.6. The first-order chi connectivity index (χ1) is 18.2. The summed E-state index contributed by atoms with van der Waals surface area (Å²) in [5.41, 5.74) is 5.15. The van der Waals surface area contributed by atoms with E-state index in [0.29, 0.717) is 11.3 Å². The Labute approximate surface area is 232 Å². The van der Waals surface area contributed by atoms with Crippen LogP contribution in [0.1, 0.15) is 81.0 Å². The highest BCUT2D eigenvalue weighted by Gasteiger charge is 2.46. The van der Waals surface area contributed by atoms with Gasteiger partial charge in [-0.25, -0.2) is 0 Å². The molecular formula is C34H39NO4. The number of aliphatic hydroxyl groups excluding tert-OH is 1. The van der Waals surface area contributed by atoms with E-state index in [-0.39, 0.29) is 28.7 Å². The number of rotatable bonds is 5. The van der Waals surface area contributed by atoms with Crippen LogP contribution in [0.15, 0.2) is 72.3 Å². The van der Waals surface area contributed by atoms with Gasteiger partial charge >= 0.3 is 0 Å². The molecule has 0 aliphatic carbocycles. The van der Waals surface area contributed by atoms with Crippen molar-refractivity contribution in [2.75, 3.05) is 7.11 Å². The smallest absolute Gasteiger partial charge is 0.295 e. The number of benzene rings is 3. The van der Waals surface area contributed by atoms with Gasteiger partial charge in [-0.2, -0.15) is 0 Å². The molecule has 1 atom stereocenters. The zero-order valence-corrected chi connectivity index (χ0v) is 24.3. The summed E-state index contributed by atoms with van der Waals surface area (Å²) in [4.78, 5) is 28.7. The molecule has 1 amide bonds. The normalized spacial score (nSPS) is 17.5. The number of methoxy groups -OCH3 is 1. The summed E-state index contributed by atoms with van der Waals surface area (Å²) in [5, 5.41) is 11.7. The van der Waals surface area contributed by atoms with Gasteiger partial charge in [0.15, 0.2) is 0 Å². The largest absolute Gasteiger partial charge is 0.507 e. The number of nitrogens with zero attached hydrogens (tertiary/aromatic N) is 1. The molecule has 5 heteroatoms. The third-order valence-corrected chi connectivity index (χ3v) is 7.50. The van der Waals surface area contributed by atoms with Crippen molar-refractivity contribution in [2.24, 2.45) is 0 Å². The van der Waals surface area contributed by atoms with Crippen LogP contribution in [0.2, 0.25) is 0 Å². The highest BCUT2D eigenvalue weighted by molar-refractivity contribution is 6.46. The number of carbonyl (C=O) groups is 2. The zero-order valence-electron chi connectivity index (χ0n) is 24.3. The average molecular weight is 526 g/mol. The molecule has 1 heterocycles. The minimum atomic E-state index is -0.723. The van der Waals surface area contributed by atoms with Crippen molar-refractivity contribution in [3.8, 4) is 5.75 Å². The van der Waals surface area contributed by atoms with E-state index in [9.17, 15) is 14.7 Å². The molecule has 3 aromatic rings. The molecule has 1 aliphatic rings. The molecule has 4 rings (SSSR count). The van der Waals surface area contributed by atoms with E-state index in [4.69, 9.17) is 4.74 Å². The van der Waals surface area contributed by atoms with Crippen molar-refractivity contribution in [1.82, 2.24) is 4.90 Å². The SMILES string of the molecule is COc1ccc(CN2C(=O)C(=O)/C(=C(/O)c3cc(C(C)(C)C)ccc3C)C2c2ccc(C(C)(C)C)cc2)cc1. The monoisotopic (exact) mass is 525 g/mol. The standard InChI is InChI=1S/C34H39NO4/c1-21-9-14-25(34(5,6)7)19-27(21)30(36)28-29(23-12-15-24(16-13-23)33(2,3)4)35(32(38)31(28)37)20-22-10-17-26(39-8)18-11-22/h9-19,29,36H,20H2,1-8H3/b30-28+. The van der Waals surface area contributed by atoms with Gasteiger partial charge in [0.2, 0.25) is 0 Å². The van der Waals surface area contributed by atoms with Gasteiger partial charge < -0.3 is 14.7 Å². The van der Waals surface area contributed by atoms with Gasteiger partial charge in [0.05, 0.1) is 18.7 Å². The predicted molar refractivity (Wildman–Crippen MR) is 156 cm³/mol. The van der Waals surface area contributed by atoms with Gasteiger partial charge in [0, 0.05) is 12.1 Å². The molecule has 204 valence electrons. The molecule has 0 radical (unpaired) electrons. The quantitative estimate of drug-likeness (QED) is 0.217. The van der Waals surface area contributed by atoms with Crippen LogP contribution in [0.4, 0.5) is 0 Å². The average Bonchev–Trinajstić information content (AvgIpc) is 3.13. The van der Waals surface area contributed by atoms with Gasteiger partial charge in [0.25, 0.3) is 11.7 Å². The van der Waals surface area contributed by atoms with Crippen LogP contribution in [0.25, 0.3) is 5.76 Å². The first-order valence-electron chi connectivity index (χ1n) is 13.4. The van der Waals surface area contributed by atoms with Gasteiger partial charge in [-0.1, -0.05) is 90.1 Å². The van der Waals surface area contributed by atoms with Gasteiger partial charge in [-0.05, 0) is 63.8 Å². The Kier molecular flexibility index (Phi) is 7.48. The fourth-order valence-corrected chi connectivity index (χ4v) is 4.97. The highest BCUT2D eigenvalue weighted by atomic mass is 16.5. The minimum absolute atomic E-state index is 0.0477. The lowest BCUT2D eigenvalue weighted by molar-refractivity contribution is -0.140.